The minimum absolute atomic E-state index is 0.188. The summed E-state index contributed by atoms with van der Waals surface area (Å²) in [5.74, 6) is 1.77. The molecule has 6 aromatic rings. The second kappa shape index (κ2) is 19.0. The lowest BCUT2D eigenvalue weighted by molar-refractivity contribution is -0.110. The second-order valence-corrected chi connectivity index (χ2v) is 12.1. The van der Waals surface area contributed by atoms with Crippen LogP contribution in [-0.4, -0.2) is 10.9 Å². The van der Waals surface area contributed by atoms with Crippen LogP contribution in [-0.2, 0) is 31.2 Å². The lowest BCUT2D eigenvalue weighted by Gasteiger charge is -2.14. The number of carbonyl (C=O) groups is 1. The third-order valence-electron chi connectivity index (χ3n) is 8.06. The topological polar surface area (TPSA) is 74.2 Å². The minimum Gasteiger partial charge on any atom is -0.508 e. The standard InChI is InChI=1S/C47H40O6/c48-42(25-21-36-23-27-44(50-32-38-13-5-1-6-14-38)46(29-36)52-34-40-17-9-3-10-18-40)31-43(49)26-22-37-24-28-45(51-33-39-15-7-2-8-16-39)47(30-37)53-35-41-19-11-4-12-20-41/h1-31,48H,32-35H2/b25-21+,26-22+,42-31?. The highest BCUT2D eigenvalue weighted by Crippen LogP contribution is 2.32. The lowest BCUT2D eigenvalue weighted by Crippen LogP contribution is -2.01. The van der Waals surface area contributed by atoms with Crippen LogP contribution >= 0.6 is 0 Å². The quantitative estimate of drug-likeness (QED) is 0.0580. The van der Waals surface area contributed by atoms with E-state index in [1.165, 1.54) is 18.2 Å². The fourth-order valence-corrected chi connectivity index (χ4v) is 5.26. The molecule has 0 radical (unpaired) electrons. The van der Waals surface area contributed by atoms with Crippen molar-refractivity contribution in [1.29, 1.82) is 0 Å². The highest BCUT2D eigenvalue weighted by molar-refractivity contribution is 6.02. The van der Waals surface area contributed by atoms with Crippen LogP contribution < -0.4 is 18.9 Å². The van der Waals surface area contributed by atoms with E-state index in [1.807, 2.05) is 158 Å². The summed E-state index contributed by atoms with van der Waals surface area (Å²) in [6, 6.07) is 50.7. The molecular formula is C47H40O6. The zero-order valence-electron chi connectivity index (χ0n) is 29.2. The van der Waals surface area contributed by atoms with Crippen molar-refractivity contribution < 1.29 is 28.8 Å². The van der Waals surface area contributed by atoms with Gasteiger partial charge < -0.3 is 24.1 Å². The first-order valence-corrected chi connectivity index (χ1v) is 17.3. The number of hydrogen-bond acceptors (Lipinski definition) is 6. The maximum Gasteiger partial charge on any atom is 0.182 e. The molecule has 0 fully saturated rings. The first-order chi connectivity index (χ1) is 26.1. The van der Waals surface area contributed by atoms with Crippen LogP contribution in [0.15, 0.2) is 182 Å². The van der Waals surface area contributed by atoms with E-state index in [0.717, 1.165) is 33.4 Å². The number of ether oxygens (including phenoxy) is 4. The highest BCUT2D eigenvalue weighted by Gasteiger charge is 2.10. The third-order valence-corrected chi connectivity index (χ3v) is 8.06. The summed E-state index contributed by atoms with van der Waals surface area (Å²) in [5.41, 5.74) is 5.64. The molecule has 6 rings (SSSR count). The molecule has 0 atom stereocenters. The van der Waals surface area contributed by atoms with Crippen molar-refractivity contribution in [3.63, 3.8) is 0 Å². The van der Waals surface area contributed by atoms with Crippen molar-refractivity contribution in [3.05, 3.63) is 215 Å². The molecule has 0 aliphatic heterocycles. The van der Waals surface area contributed by atoms with Crippen molar-refractivity contribution in [1.82, 2.24) is 0 Å². The van der Waals surface area contributed by atoms with Crippen molar-refractivity contribution >= 4 is 17.9 Å². The van der Waals surface area contributed by atoms with Crippen molar-refractivity contribution in [2.45, 2.75) is 26.4 Å². The molecule has 0 aromatic heterocycles. The Bertz CT molecular complexity index is 2140. The molecular weight excluding hydrogens is 661 g/mol. The van der Waals surface area contributed by atoms with Crippen LogP contribution in [0.4, 0.5) is 0 Å². The Morgan fingerprint density at radius 3 is 1.15 bits per heavy atom. The summed E-state index contributed by atoms with van der Waals surface area (Å²) < 4.78 is 24.5. The molecule has 0 aliphatic rings. The van der Waals surface area contributed by atoms with Gasteiger partial charge in [0.15, 0.2) is 28.8 Å². The smallest absolute Gasteiger partial charge is 0.182 e. The van der Waals surface area contributed by atoms with E-state index in [2.05, 4.69) is 0 Å². The molecule has 6 heteroatoms. The molecule has 0 heterocycles. The predicted octanol–water partition coefficient (Wildman–Crippen LogP) is 10.7. The summed E-state index contributed by atoms with van der Waals surface area (Å²) in [4.78, 5) is 12.8. The molecule has 0 amide bonds. The summed E-state index contributed by atoms with van der Waals surface area (Å²) in [6.45, 7) is 1.51. The van der Waals surface area contributed by atoms with E-state index in [0.29, 0.717) is 49.4 Å². The fraction of sp³-hybridized carbons (Fsp3) is 0.0851. The van der Waals surface area contributed by atoms with Crippen LogP contribution in [0.3, 0.4) is 0 Å². The summed E-state index contributed by atoms with van der Waals surface area (Å²) in [6.07, 6.45) is 7.43. The molecule has 6 nitrogen and oxygen atoms in total. The third kappa shape index (κ3) is 11.6. The van der Waals surface area contributed by atoms with Crippen LogP contribution in [0.5, 0.6) is 23.0 Å². The summed E-state index contributed by atoms with van der Waals surface area (Å²) in [7, 11) is 0. The number of rotatable bonds is 17. The molecule has 1 N–H and O–H groups in total. The van der Waals surface area contributed by atoms with Gasteiger partial charge in [-0.3, -0.25) is 4.79 Å². The van der Waals surface area contributed by atoms with Crippen LogP contribution in [0, 0.1) is 0 Å². The van der Waals surface area contributed by atoms with Gasteiger partial charge in [0.2, 0.25) is 0 Å². The number of allylic oxidation sites excluding steroid dienone is 3. The first-order valence-electron chi connectivity index (χ1n) is 17.3. The first kappa shape index (κ1) is 36.0. The van der Waals surface area contributed by atoms with Gasteiger partial charge in [-0.25, -0.2) is 0 Å². The minimum atomic E-state index is -0.375. The maximum atomic E-state index is 12.8. The van der Waals surface area contributed by atoms with Gasteiger partial charge >= 0.3 is 0 Å². The van der Waals surface area contributed by atoms with Crippen molar-refractivity contribution in [2.24, 2.45) is 0 Å². The zero-order chi connectivity index (χ0) is 36.5. The average Bonchev–Trinajstić information content (AvgIpc) is 3.21. The molecule has 0 bridgehead atoms. The highest BCUT2D eigenvalue weighted by atomic mass is 16.5. The Morgan fingerprint density at radius 2 is 0.774 bits per heavy atom. The van der Waals surface area contributed by atoms with E-state index >= 15 is 0 Å². The number of hydrogen-bond donors (Lipinski definition) is 1. The predicted molar refractivity (Wildman–Crippen MR) is 210 cm³/mol. The average molecular weight is 701 g/mol. The Kier molecular flexibility index (Phi) is 12.9. The van der Waals surface area contributed by atoms with E-state index in [-0.39, 0.29) is 11.5 Å². The normalized spacial score (nSPS) is 11.4. The Hall–Kier alpha value is -6.79. The van der Waals surface area contributed by atoms with Gasteiger partial charge in [-0.05, 0) is 69.8 Å². The van der Waals surface area contributed by atoms with Crippen molar-refractivity contribution in [2.75, 3.05) is 0 Å². The molecule has 0 saturated carbocycles. The SMILES string of the molecule is O=C(C=C(O)/C=C/c1ccc(OCc2ccccc2)c(OCc2ccccc2)c1)/C=C/c1ccc(OCc2ccccc2)c(OCc2ccccc2)c1. The zero-order valence-corrected chi connectivity index (χ0v) is 29.2. The van der Waals surface area contributed by atoms with Crippen molar-refractivity contribution in [3.8, 4) is 23.0 Å². The second-order valence-electron chi connectivity index (χ2n) is 12.1. The number of benzene rings is 6. The Balaban J connectivity index is 1.12. The van der Waals surface area contributed by atoms with Gasteiger partial charge in [-0.2, -0.15) is 0 Å². The van der Waals surface area contributed by atoms with E-state index in [1.54, 1.807) is 12.2 Å². The van der Waals surface area contributed by atoms with E-state index < -0.39 is 0 Å². The van der Waals surface area contributed by atoms with Gasteiger partial charge in [0.25, 0.3) is 0 Å². The number of carbonyl (C=O) groups excluding carboxylic acids is 1. The molecule has 6 aromatic carbocycles. The summed E-state index contributed by atoms with van der Waals surface area (Å²) >= 11 is 0. The summed E-state index contributed by atoms with van der Waals surface area (Å²) in [5, 5.41) is 10.6. The largest absolute Gasteiger partial charge is 0.508 e. The Labute approximate surface area is 310 Å². The molecule has 53 heavy (non-hydrogen) atoms. The van der Waals surface area contributed by atoms with Gasteiger partial charge in [0.05, 0.1) is 0 Å². The van der Waals surface area contributed by atoms with Gasteiger partial charge in [0.1, 0.15) is 32.2 Å². The molecule has 0 saturated heterocycles. The molecule has 264 valence electrons. The molecule has 0 spiro atoms. The Morgan fingerprint density at radius 1 is 0.434 bits per heavy atom. The fourth-order valence-electron chi connectivity index (χ4n) is 5.26. The van der Waals surface area contributed by atoms with Gasteiger partial charge in [0, 0.05) is 6.08 Å². The van der Waals surface area contributed by atoms with E-state index in [4.69, 9.17) is 18.9 Å². The van der Waals surface area contributed by atoms with Gasteiger partial charge in [-0.15, -0.1) is 0 Å². The molecule has 0 unspecified atom stereocenters. The number of aliphatic hydroxyl groups is 1. The van der Waals surface area contributed by atoms with Crippen LogP contribution in [0.2, 0.25) is 0 Å². The van der Waals surface area contributed by atoms with Crippen LogP contribution in [0.1, 0.15) is 33.4 Å². The van der Waals surface area contributed by atoms with E-state index in [9.17, 15) is 9.90 Å². The maximum absolute atomic E-state index is 12.8. The lowest BCUT2D eigenvalue weighted by atomic mass is 10.1. The van der Waals surface area contributed by atoms with Crippen LogP contribution in [0.25, 0.3) is 12.2 Å². The number of ketones is 1. The number of aliphatic hydroxyl groups excluding tert-OH is 1. The molecule has 0 aliphatic carbocycles. The monoisotopic (exact) mass is 700 g/mol. The van der Waals surface area contributed by atoms with Gasteiger partial charge in [-0.1, -0.05) is 146 Å².